The molecule has 0 aliphatic carbocycles. The summed E-state index contributed by atoms with van der Waals surface area (Å²) in [6.45, 7) is 6.07. The van der Waals surface area contributed by atoms with Crippen LogP contribution in [0.4, 0.5) is 0 Å². The number of nitrogens with one attached hydrogen (secondary N) is 1. The van der Waals surface area contributed by atoms with Crippen LogP contribution in [-0.2, 0) is 10.3 Å². The number of unbranched alkanes of at least 4 members (excludes halogenated alkanes) is 1. The second kappa shape index (κ2) is 5.64. The highest BCUT2D eigenvalue weighted by Gasteiger charge is 2.22. The van der Waals surface area contributed by atoms with Gasteiger partial charge in [-0.25, -0.2) is 0 Å². The maximum Gasteiger partial charge on any atom is 0.220 e. The van der Waals surface area contributed by atoms with E-state index in [0.717, 1.165) is 18.4 Å². The van der Waals surface area contributed by atoms with Gasteiger partial charge >= 0.3 is 0 Å². The molecule has 1 aromatic heterocycles. The second-order valence-corrected chi connectivity index (χ2v) is 4.52. The quantitative estimate of drug-likeness (QED) is 0.828. The van der Waals surface area contributed by atoms with Crippen molar-refractivity contribution in [3.05, 3.63) is 30.1 Å². The minimum atomic E-state index is -0.348. The fourth-order valence-corrected chi connectivity index (χ4v) is 1.55. The fourth-order valence-electron chi connectivity index (χ4n) is 1.55. The Morgan fingerprint density at radius 3 is 2.81 bits per heavy atom. The van der Waals surface area contributed by atoms with Crippen molar-refractivity contribution in [2.75, 3.05) is 0 Å². The van der Waals surface area contributed by atoms with E-state index in [9.17, 15) is 4.79 Å². The van der Waals surface area contributed by atoms with E-state index < -0.39 is 0 Å². The number of amides is 1. The molecule has 0 bridgehead atoms. The first-order valence-corrected chi connectivity index (χ1v) is 5.78. The molecule has 16 heavy (non-hydrogen) atoms. The van der Waals surface area contributed by atoms with Crippen LogP contribution >= 0.6 is 0 Å². The van der Waals surface area contributed by atoms with Crippen molar-refractivity contribution in [1.82, 2.24) is 10.3 Å². The van der Waals surface area contributed by atoms with Crippen molar-refractivity contribution >= 4 is 5.91 Å². The van der Waals surface area contributed by atoms with Gasteiger partial charge < -0.3 is 5.32 Å². The lowest BCUT2D eigenvalue weighted by molar-refractivity contribution is -0.122. The summed E-state index contributed by atoms with van der Waals surface area (Å²) >= 11 is 0. The van der Waals surface area contributed by atoms with E-state index in [1.165, 1.54) is 0 Å². The van der Waals surface area contributed by atoms with E-state index in [-0.39, 0.29) is 11.4 Å². The molecular formula is C13H20N2O. The van der Waals surface area contributed by atoms with Crippen LogP contribution in [0, 0.1) is 0 Å². The van der Waals surface area contributed by atoms with E-state index in [0.29, 0.717) is 6.42 Å². The van der Waals surface area contributed by atoms with Crippen LogP contribution in [0.1, 0.15) is 45.6 Å². The van der Waals surface area contributed by atoms with Gasteiger partial charge in [0.2, 0.25) is 5.91 Å². The molecule has 3 nitrogen and oxygen atoms in total. The Kier molecular flexibility index (Phi) is 4.47. The van der Waals surface area contributed by atoms with Crippen LogP contribution in [0.3, 0.4) is 0 Å². The van der Waals surface area contributed by atoms with E-state index in [1.54, 1.807) is 12.4 Å². The molecule has 0 aromatic carbocycles. The second-order valence-electron chi connectivity index (χ2n) is 4.52. The number of rotatable bonds is 5. The minimum Gasteiger partial charge on any atom is -0.347 e. The first-order valence-electron chi connectivity index (χ1n) is 5.78. The molecule has 0 spiro atoms. The molecule has 0 saturated carbocycles. The highest BCUT2D eigenvalue weighted by atomic mass is 16.1. The Morgan fingerprint density at radius 1 is 1.50 bits per heavy atom. The molecule has 0 radical (unpaired) electrons. The monoisotopic (exact) mass is 220 g/mol. The molecular weight excluding hydrogens is 200 g/mol. The van der Waals surface area contributed by atoms with Crippen molar-refractivity contribution in [3.63, 3.8) is 0 Å². The SMILES string of the molecule is CCCCC(=O)NC(C)(C)c1cccnc1. The number of hydrogen-bond acceptors (Lipinski definition) is 2. The number of pyridine rings is 1. The van der Waals surface area contributed by atoms with Gasteiger partial charge in [0.05, 0.1) is 5.54 Å². The summed E-state index contributed by atoms with van der Waals surface area (Å²) in [5, 5.41) is 3.03. The molecule has 0 saturated heterocycles. The molecule has 88 valence electrons. The highest BCUT2D eigenvalue weighted by Crippen LogP contribution is 2.18. The normalized spacial score (nSPS) is 11.2. The van der Waals surface area contributed by atoms with Crippen molar-refractivity contribution in [3.8, 4) is 0 Å². The van der Waals surface area contributed by atoms with E-state index in [2.05, 4.69) is 17.2 Å². The summed E-state index contributed by atoms with van der Waals surface area (Å²) < 4.78 is 0. The Hall–Kier alpha value is -1.38. The number of carbonyl (C=O) groups is 1. The van der Waals surface area contributed by atoms with Crippen LogP contribution < -0.4 is 5.32 Å². The van der Waals surface area contributed by atoms with Gasteiger partial charge in [-0.2, -0.15) is 0 Å². The Labute approximate surface area is 97.3 Å². The summed E-state index contributed by atoms with van der Waals surface area (Å²) in [6.07, 6.45) is 6.11. The van der Waals surface area contributed by atoms with Crippen LogP contribution in [0.25, 0.3) is 0 Å². The third-order valence-electron chi connectivity index (χ3n) is 2.59. The molecule has 1 rings (SSSR count). The van der Waals surface area contributed by atoms with Crippen LogP contribution in [0.5, 0.6) is 0 Å². The summed E-state index contributed by atoms with van der Waals surface area (Å²) in [4.78, 5) is 15.7. The first kappa shape index (κ1) is 12.7. The van der Waals surface area contributed by atoms with Crippen LogP contribution in [0.15, 0.2) is 24.5 Å². The molecule has 0 fully saturated rings. The Morgan fingerprint density at radius 2 is 2.25 bits per heavy atom. The van der Waals surface area contributed by atoms with Gasteiger partial charge in [-0.3, -0.25) is 9.78 Å². The predicted octanol–water partition coefficient (Wildman–Crippen LogP) is 2.62. The molecule has 0 unspecified atom stereocenters. The maximum absolute atomic E-state index is 11.7. The largest absolute Gasteiger partial charge is 0.347 e. The molecule has 1 heterocycles. The van der Waals surface area contributed by atoms with Gasteiger partial charge in [0.15, 0.2) is 0 Å². The van der Waals surface area contributed by atoms with Gasteiger partial charge in [0, 0.05) is 18.8 Å². The van der Waals surface area contributed by atoms with E-state index in [1.807, 2.05) is 26.0 Å². The van der Waals surface area contributed by atoms with Gasteiger partial charge in [-0.15, -0.1) is 0 Å². The lowest BCUT2D eigenvalue weighted by atomic mass is 9.95. The van der Waals surface area contributed by atoms with Gasteiger partial charge in [-0.05, 0) is 31.9 Å². The molecule has 1 amide bonds. The van der Waals surface area contributed by atoms with E-state index >= 15 is 0 Å². The third kappa shape index (κ3) is 3.65. The average Bonchev–Trinajstić information content (AvgIpc) is 2.27. The summed E-state index contributed by atoms with van der Waals surface area (Å²) in [5.41, 5.74) is 0.680. The number of aromatic nitrogens is 1. The molecule has 0 atom stereocenters. The standard InChI is InChI=1S/C13H20N2O/c1-4-5-8-12(16)15-13(2,3)11-7-6-9-14-10-11/h6-7,9-10H,4-5,8H2,1-3H3,(H,15,16). The summed E-state index contributed by atoms with van der Waals surface area (Å²) in [6, 6.07) is 3.86. The number of hydrogen-bond donors (Lipinski definition) is 1. The average molecular weight is 220 g/mol. The maximum atomic E-state index is 11.7. The van der Waals surface area contributed by atoms with Crippen LogP contribution in [-0.4, -0.2) is 10.9 Å². The van der Waals surface area contributed by atoms with Gasteiger partial charge in [0.25, 0.3) is 0 Å². The minimum absolute atomic E-state index is 0.107. The van der Waals surface area contributed by atoms with Crippen molar-refractivity contribution < 1.29 is 4.79 Å². The molecule has 3 heteroatoms. The molecule has 1 N–H and O–H groups in total. The lowest BCUT2D eigenvalue weighted by Gasteiger charge is -2.26. The van der Waals surface area contributed by atoms with Gasteiger partial charge in [-0.1, -0.05) is 19.4 Å². The summed E-state index contributed by atoms with van der Waals surface area (Å²) in [5.74, 6) is 0.107. The van der Waals surface area contributed by atoms with Crippen molar-refractivity contribution in [2.24, 2.45) is 0 Å². The fraction of sp³-hybridized carbons (Fsp3) is 0.538. The molecule has 0 aliphatic rings. The number of nitrogens with zero attached hydrogens (tertiary/aromatic N) is 1. The zero-order valence-corrected chi connectivity index (χ0v) is 10.3. The Balaban J connectivity index is 2.61. The number of carbonyl (C=O) groups excluding carboxylic acids is 1. The first-order chi connectivity index (χ1) is 7.56. The highest BCUT2D eigenvalue weighted by molar-refractivity contribution is 5.76. The zero-order valence-electron chi connectivity index (χ0n) is 10.3. The predicted molar refractivity (Wildman–Crippen MR) is 64.9 cm³/mol. The van der Waals surface area contributed by atoms with Gasteiger partial charge in [0.1, 0.15) is 0 Å². The Bertz CT molecular complexity index is 333. The molecule has 1 aromatic rings. The topological polar surface area (TPSA) is 42.0 Å². The van der Waals surface area contributed by atoms with Crippen LogP contribution in [0.2, 0.25) is 0 Å². The van der Waals surface area contributed by atoms with Crippen molar-refractivity contribution in [2.45, 2.75) is 45.6 Å². The lowest BCUT2D eigenvalue weighted by Crippen LogP contribution is -2.40. The zero-order chi connectivity index (χ0) is 12.0. The summed E-state index contributed by atoms with van der Waals surface area (Å²) in [7, 11) is 0. The van der Waals surface area contributed by atoms with Crippen molar-refractivity contribution in [1.29, 1.82) is 0 Å². The molecule has 0 aliphatic heterocycles. The van der Waals surface area contributed by atoms with E-state index in [4.69, 9.17) is 0 Å². The third-order valence-corrected chi connectivity index (χ3v) is 2.59. The smallest absolute Gasteiger partial charge is 0.220 e.